The van der Waals surface area contributed by atoms with E-state index in [0.717, 1.165) is 63.2 Å². The van der Waals surface area contributed by atoms with Gasteiger partial charge in [-0.1, -0.05) is 18.7 Å². The summed E-state index contributed by atoms with van der Waals surface area (Å²) in [5.74, 6) is 1.45. The fraction of sp³-hybridized carbons (Fsp3) is 0.250. The Bertz CT molecular complexity index is 1400. The minimum Gasteiger partial charge on any atom is -0.378 e. The molecule has 2 aromatic carbocycles. The summed E-state index contributed by atoms with van der Waals surface area (Å²) in [6, 6.07) is 15.1. The number of anilines is 2. The van der Waals surface area contributed by atoms with Crippen LogP contribution in [0.1, 0.15) is 47.7 Å². The number of aryl methyl sites for hydroxylation is 4. The van der Waals surface area contributed by atoms with Gasteiger partial charge in [0, 0.05) is 46.9 Å². The number of rotatable bonds is 5. The fourth-order valence-electron chi connectivity index (χ4n) is 4.55. The average Bonchev–Trinajstić information content (AvgIpc) is 3.35. The smallest absolute Gasteiger partial charge is 0.226 e. The van der Waals surface area contributed by atoms with E-state index in [-0.39, 0.29) is 6.04 Å². The van der Waals surface area contributed by atoms with Gasteiger partial charge in [-0.3, -0.25) is 4.98 Å². The van der Waals surface area contributed by atoms with Gasteiger partial charge < -0.3 is 10.6 Å². The van der Waals surface area contributed by atoms with Gasteiger partial charge in [-0.05, 0) is 87.2 Å². The molecule has 3 heterocycles. The van der Waals surface area contributed by atoms with Gasteiger partial charge in [-0.15, -0.1) is 5.10 Å². The number of hydrogen-bond acceptors (Lipinski definition) is 5. The van der Waals surface area contributed by atoms with Gasteiger partial charge in [-0.2, -0.15) is 4.98 Å². The van der Waals surface area contributed by atoms with Gasteiger partial charge in [-0.25, -0.2) is 4.68 Å². The molecule has 6 nitrogen and oxygen atoms in total. The molecule has 0 saturated carbocycles. The highest BCUT2D eigenvalue weighted by Gasteiger charge is 2.22. The molecule has 0 aliphatic carbocycles. The fourth-order valence-corrected chi connectivity index (χ4v) is 4.55. The van der Waals surface area contributed by atoms with E-state index in [1.165, 1.54) is 11.1 Å². The minimum absolute atomic E-state index is 0.246. The highest BCUT2D eigenvalue weighted by molar-refractivity contribution is 5.75. The van der Waals surface area contributed by atoms with E-state index in [0.29, 0.717) is 0 Å². The van der Waals surface area contributed by atoms with Crippen molar-refractivity contribution >= 4 is 17.3 Å². The summed E-state index contributed by atoms with van der Waals surface area (Å²) in [5.41, 5.74) is 11.0. The predicted molar refractivity (Wildman–Crippen MR) is 139 cm³/mol. The van der Waals surface area contributed by atoms with E-state index in [2.05, 4.69) is 99.3 Å². The monoisotopic (exact) mass is 450 g/mol. The molecule has 0 spiro atoms. The van der Waals surface area contributed by atoms with E-state index in [1.54, 1.807) is 0 Å². The molecule has 4 aromatic rings. The molecule has 2 aromatic heterocycles. The number of hydrogen-bond donors (Lipinski definition) is 2. The highest BCUT2D eigenvalue weighted by atomic mass is 15.4. The van der Waals surface area contributed by atoms with Gasteiger partial charge in [0.1, 0.15) is 0 Å². The number of nitrogens with one attached hydrogen (secondary N) is 2. The van der Waals surface area contributed by atoms with E-state index in [9.17, 15) is 0 Å². The lowest BCUT2D eigenvalue weighted by Crippen LogP contribution is -2.06. The molecule has 5 rings (SSSR count). The maximum absolute atomic E-state index is 4.88. The first-order chi connectivity index (χ1) is 16.3. The van der Waals surface area contributed by atoms with Crippen LogP contribution in [-0.4, -0.2) is 19.7 Å². The zero-order chi connectivity index (χ0) is 24.0. The molecule has 1 aliphatic rings. The number of fused-ring (bicyclic) bond motifs is 1. The van der Waals surface area contributed by atoms with Crippen molar-refractivity contribution < 1.29 is 0 Å². The maximum atomic E-state index is 4.88. The van der Waals surface area contributed by atoms with Gasteiger partial charge in [0.15, 0.2) is 5.82 Å². The number of nitrogens with zero attached hydrogens (tertiary/aromatic N) is 4. The zero-order valence-corrected chi connectivity index (χ0v) is 20.4. The van der Waals surface area contributed by atoms with Crippen molar-refractivity contribution in [3.8, 4) is 22.6 Å². The first kappa shape index (κ1) is 21.9. The zero-order valence-electron chi connectivity index (χ0n) is 20.4. The largest absolute Gasteiger partial charge is 0.378 e. The number of pyridine rings is 1. The van der Waals surface area contributed by atoms with Crippen LogP contribution in [0.25, 0.3) is 28.3 Å². The summed E-state index contributed by atoms with van der Waals surface area (Å²) in [6.45, 7) is 15.3. The normalized spacial score (nSPS) is 14.7. The van der Waals surface area contributed by atoms with Crippen LogP contribution in [0.3, 0.4) is 0 Å². The first-order valence-electron chi connectivity index (χ1n) is 11.7. The standard InChI is InChI=1S/C28H30N6/c1-7-34-28(31-21-9-10-22-19(5)30-20(6)25(22)14-21)32-27(33-34)24-13-17(3)23(12-18(24)4)26-11-8-16(2)15-29-26/h8-15,20,30H,5,7H2,1-4,6H3,(H,31,32,33). The molecule has 0 fully saturated rings. The summed E-state index contributed by atoms with van der Waals surface area (Å²) in [5, 5.41) is 11.7. The van der Waals surface area contributed by atoms with Crippen molar-refractivity contribution in [2.24, 2.45) is 0 Å². The van der Waals surface area contributed by atoms with Crippen LogP contribution in [0.5, 0.6) is 0 Å². The van der Waals surface area contributed by atoms with Crippen molar-refractivity contribution in [3.05, 3.63) is 83.1 Å². The van der Waals surface area contributed by atoms with Gasteiger partial charge in [0.25, 0.3) is 0 Å². The molecular formula is C28H30N6. The summed E-state index contributed by atoms with van der Waals surface area (Å²) in [7, 11) is 0. The second-order valence-corrected chi connectivity index (χ2v) is 9.05. The summed E-state index contributed by atoms with van der Waals surface area (Å²) >= 11 is 0. The van der Waals surface area contributed by atoms with Crippen LogP contribution in [0.15, 0.2) is 55.2 Å². The Labute approximate surface area is 200 Å². The Morgan fingerprint density at radius 1 is 1.00 bits per heavy atom. The first-order valence-corrected chi connectivity index (χ1v) is 11.7. The SMILES string of the molecule is C=C1NC(C)c2cc(Nc3nc(-c4cc(C)c(-c5ccc(C)cn5)cc4C)nn3CC)ccc21. The van der Waals surface area contributed by atoms with Crippen molar-refractivity contribution in [2.45, 2.75) is 47.2 Å². The molecule has 2 N–H and O–H groups in total. The molecule has 0 radical (unpaired) electrons. The third kappa shape index (κ3) is 3.85. The molecule has 1 aliphatic heterocycles. The number of benzene rings is 2. The average molecular weight is 451 g/mol. The molecule has 0 amide bonds. The third-order valence-corrected chi connectivity index (χ3v) is 6.46. The second kappa shape index (κ2) is 8.45. The summed E-state index contributed by atoms with van der Waals surface area (Å²) in [6.07, 6.45) is 1.91. The molecule has 0 saturated heterocycles. The predicted octanol–water partition coefficient (Wildman–Crippen LogP) is 6.33. The van der Waals surface area contributed by atoms with Crippen molar-refractivity contribution in [1.82, 2.24) is 25.1 Å². The molecular weight excluding hydrogens is 420 g/mol. The second-order valence-electron chi connectivity index (χ2n) is 9.05. The van der Waals surface area contributed by atoms with Crippen molar-refractivity contribution in [3.63, 3.8) is 0 Å². The Morgan fingerprint density at radius 3 is 2.50 bits per heavy atom. The maximum Gasteiger partial charge on any atom is 0.226 e. The van der Waals surface area contributed by atoms with E-state index in [1.807, 2.05) is 10.9 Å². The van der Waals surface area contributed by atoms with Crippen molar-refractivity contribution in [2.75, 3.05) is 5.32 Å². The lowest BCUT2D eigenvalue weighted by molar-refractivity contribution is 0.669. The Hall–Kier alpha value is -3.93. The molecule has 0 bridgehead atoms. The molecule has 172 valence electrons. The highest BCUT2D eigenvalue weighted by Crippen LogP contribution is 2.34. The van der Waals surface area contributed by atoms with Crippen LogP contribution < -0.4 is 10.6 Å². The van der Waals surface area contributed by atoms with Crippen LogP contribution in [-0.2, 0) is 6.54 Å². The van der Waals surface area contributed by atoms with Gasteiger partial charge in [0.2, 0.25) is 5.95 Å². The van der Waals surface area contributed by atoms with Crippen molar-refractivity contribution in [1.29, 1.82) is 0 Å². The topological polar surface area (TPSA) is 67.7 Å². The summed E-state index contributed by atoms with van der Waals surface area (Å²) < 4.78 is 1.91. The summed E-state index contributed by atoms with van der Waals surface area (Å²) in [4.78, 5) is 9.49. The van der Waals surface area contributed by atoms with Crippen LogP contribution >= 0.6 is 0 Å². The minimum atomic E-state index is 0.246. The lowest BCUT2D eigenvalue weighted by atomic mass is 9.97. The Morgan fingerprint density at radius 2 is 1.76 bits per heavy atom. The van der Waals surface area contributed by atoms with E-state index >= 15 is 0 Å². The van der Waals surface area contributed by atoms with Gasteiger partial charge in [0.05, 0.1) is 5.69 Å². The molecule has 1 atom stereocenters. The van der Waals surface area contributed by atoms with Crippen LogP contribution in [0.4, 0.5) is 11.6 Å². The Balaban J connectivity index is 1.48. The Kier molecular flexibility index (Phi) is 5.44. The quantitative estimate of drug-likeness (QED) is 0.372. The molecule has 34 heavy (non-hydrogen) atoms. The van der Waals surface area contributed by atoms with E-state index in [4.69, 9.17) is 10.1 Å². The number of aromatic nitrogens is 4. The molecule has 1 unspecified atom stereocenters. The molecule has 6 heteroatoms. The third-order valence-electron chi connectivity index (χ3n) is 6.46. The van der Waals surface area contributed by atoms with Gasteiger partial charge >= 0.3 is 0 Å². The van der Waals surface area contributed by atoms with E-state index < -0.39 is 0 Å². The lowest BCUT2D eigenvalue weighted by Gasteiger charge is -2.10. The van der Waals surface area contributed by atoms with Crippen LogP contribution in [0.2, 0.25) is 0 Å². The van der Waals surface area contributed by atoms with Crippen LogP contribution in [0, 0.1) is 20.8 Å².